The Balaban J connectivity index is 1.84. The van der Waals surface area contributed by atoms with Gasteiger partial charge in [-0.3, -0.25) is 9.69 Å². The van der Waals surface area contributed by atoms with Gasteiger partial charge in [-0.15, -0.1) is 11.8 Å². The molecule has 0 aliphatic carbocycles. The first kappa shape index (κ1) is 12.8. The Morgan fingerprint density at radius 1 is 1.26 bits per heavy atom. The summed E-state index contributed by atoms with van der Waals surface area (Å²) in [6.07, 6.45) is 2.23. The van der Waals surface area contributed by atoms with Crippen LogP contribution in [-0.4, -0.2) is 29.6 Å². The van der Waals surface area contributed by atoms with Crippen molar-refractivity contribution in [2.75, 3.05) is 18.8 Å². The highest BCUT2D eigenvalue weighted by atomic mass is 32.2. The molecule has 1 amide bonds. The van der Waals surface area contributed by atoms with Gasteiger partial charge in [0.1, 0.15) is 6.04 Å². The number of hydrogen-bond acceptors (Lipinski definition) is 3. The summed E-state index contributed by atoms with van der Waals surface area (Å²) in [4.78, 5) is 15.6. The highest BCUT2D eigenvalue weighted by Crippen LogP contribution is 2.39. The van der Waals surface area contributed by atoms with Crippen LogP contribution in [0.3, 0.4) is 0 Å². The molecule has 2 heterocycles. The number of benzene rings is 1. The van der Waals surface area contributed by atoms with Crippen molar-refractivity contribution < 1.29 is 4.79 Å². The average Bonchev–Trinajstić information content (AvgIpc) is 2.87. The summed E-state index contributed by atoms with van der Waals surface area (Å²) in [7, 11) is 0. The summed E-state index contributed by atoms with van der Waals surface area (Å²) in [6, 6.07) is 9.58. The molecule has 2 aliphatic rings. The highest BCUT2D eigenvalue weighted by molar-refractivity contribution is 8.03. The molecule has 1 unspecified atom stereocenters. The second-order valence-corrected chi connectivity index (χ2v) is 6.25. The summed E-state index contributed by atoms with van der Waals surface area (Å²) in [6.45, 7) is 1.82. The molecule has 2 N–H and O–H groups in total. The van der Waals surface area contributed by atoms with Gasteiger partial charge in [-0.25, -0.2) is 0 Å². The Labute approximate surface area is 117 Å². The molecule has 0 saturated heterocycles. The zero-order valence-corrected chi connectivity index (χ0v) is 11.7. The Kier molecular flexibility index (Phi) is 3.62. The number of hydrogen-bond donors (Lipinski definition) is 1. The van der Waals surface area contributed by atoms with E-state index in [9.17, 15) is 4.79 Å². The molecule has 1 aromatic rings. The van der Waals surface area contributed by atoms with E-state index in [4.69, 9.17) is 5.73 Å². The van der Waals surface area contributed by atoms with Crippen LogP contribution in [0.5, 0.6) is 0 Å². The summed E-state index contributed by atoms with van der Waals surface area (Å²) in [5.74, 6) is 0.950. The number of thioether (sulfide) groups is 1. The molecule has 2 aliphatic heterocycles. The van der Waals surface area contributed by atoms with Gasteiger partial charge in [-0.05, 0) is 28.9 Å². The van der Waals surface area contributed by atoms with E-state index in [0.29, 0.717) is 0 Å². The van der Waals surface area contributed by atoms with E-state index < -0.39 is 0 Å². The second kappa shape index (κ2) is 5.39. The molecule has 1 aromatic carbocycles. The van der Waals surface area contributed by atoms with Crippen LogP contribution in [0.1, 0.15) is 24.4 Å². The summed E-state index contributed by atoms with van der Waals surface area (Å²) >= 11 is 1.98. The van der Waals surface area contributed by atoms with Crippen molar-refractivity contribution in [2.24, 2.45) is 5.73 Å². The van der Waals surface area contributed by atoms with Gasteiger partial charge in [0.05, 0.1) is 0 Å². The van der Waals surface area contributed by atoms with Crippen molar-refractivity contribution in [1.29, 1.82) is 0 Å². The van der Waals surface area contributed by atoms with E-state index in [2.05, 4.69) is 4.90 Å². The molecule has 0 spiro atoms. The first-order valence-corrected chi connectivity index (χ1v) is 7.66. The van der Waals surface area contributed by atoms with Crippen LogP contribution in [0, 0.1) is 0 Å². The number of nitrogens with two attached hydrogens (primary N) is 1. The van der Waals surface area contributed by atoms with E-state index in [0.717, 1.165) is 31.5 Å². The maximum atomic E-state index is 11.9. The summed E-state index contributed by atoms with van der Waals surface area (Å²) in [5.41, 5.74) is 8.15. The van der Waals surface area contributed by atoms with Gasteiger partial charge in [0, 0.05) is 18.8 Å². The number of nitrogens with zero attached hydrogens (tertiary/aromatic N) is 1. The number of primary amides is 1. The van der Waals surface area contributed by atoms with Crippen molar-refractivity contribution in [2.45, 2.75) is 18.9 Å². The SMILES string of the molecule is NC(=O)C(c1ccccc1)N1CCC2=C(CCS2)C1. The molecule has 0 aromatic heterocycles. The third-order valence-corrected chi connectivity index (χ3v) is 5.09. The Morgan fingerprint density at radius 2 is 2.05 bits per heavy atom. The van der Waals surface area contributed by atoms with Gasteiger partial charge in [0.15, 0.2) is 0 Å². The predicted octanol–water partition coefficient (Wildman–Crippen LogP) is 2.31. The van der Waals surface area contributed by atoms with E-state index in [-0.39, 0.29) is 11.9 Å². The second-order valence-electron chi connectivity index (χ2n) is 5.06. The molecule has 0 fully saturated rings. The van der Waals surface area contributed by atoms with Crippen LogP contribution in [0.25, 0.3) is 0 Å². The quantitative estimate of drug-likeness (QED) is 0.920. The Morgan fingerprint density at radius 3 is 2.79 bits per heavy atom. The van der Waals surface area contributed by atoms with Gasteiger partial charge in [0.2, 0.25) is 5.91 Å². The van der Waals surface area contributed by atoms with Crippen LogP contribution >= 0.6 is 11.8 Å². The lowest BCUT2D eigenvalue weighted by atomic mass is 10.00. The number of rotatable bonds is 3. The van der Waals surface area contributed by atoms with Crippen molar-refractivity contribution in [3.63, 3.8) is 0 Å². The van der Waals surface area contributed by atoms with Crippen LogP contribution in [0.4, 0.5) is 0 Å². The Bertz CT molecular complexity index is 512. The van der Waals surface area contributed by atoms with Gasteiger partial charge in [0.25, 0.3) is 0 Å². The number of carbonyl (C=O) groups is 1. The van der Waals surface area contributed by atoms with Gasteiger partial charge in [-0.1, -0.05) is 30.3 Å². The average molecular weight is 274 g/mol. The van der Waals surface area contributed by atoms with Crippen LogP contribution in [0.15, 0.2) is 40.8 Å². The van der Waals surface area contributed by atoms with Gasteiger partial charge < -0.3 is 5.73 Å². The standard InChI is InChI=1S/C15H18N2OS/c16-15(18)14(11-4-2-1-3-5-11)17-8-6-13-12(10-17)7-9-19-13/h1-5,14H,6-10H2,(H2,16,18). The zero-order valence-electron chi connectivity index (χ0n) is 10.8. The number of amides is 1. The molecular weight excluding hydrogens is 256 g/mol. The fourth-order valence-electron chi connectivity index (χ4n) is 2.94. The highest BCUT2D eigenvalue weighted by Gasteiger charge is 2.31. The lowest BCUT2D eigenvalue weighted by Crippen LogP contribution is -2.41. The fraction of sp³-hybridized carbons (Fsp3) is 0.400. The van der Waals surface area contributed by atoms with E-state index >= 15 is 0 Å². The molecule has 100 valence electrons. The molecule has 0 bridgehead atoms. The molecule has 0 saturated carbocycles. The van der Waals surface area contributed by atoms with Crippen molar-refractivity contribution in [3.05, 3.63) is 46.4 Å². The summed E-state index contributed by atoms with van der Waals surface area (Å²) < 4.78 is 0. The first-order valence-electron chi connectivity index (χ1n) is 6.67. The maximum absolute atomic E-state index is 11.9. The predicted molar refractivity (Wildman–Crippen MR) is 78.7 cm³/mol. The molecule has 19 heavy (non-hydrogen) atoms. The molecule has 1 atom stereocenters. The normalized spacial score (nSPS) is 21.3. The first-order chi connectivity index (χ1) is 9.25. The minimum atomic E-state index is -0.291. The monoisotopic (exact) mass is 274 g/mol. The maximum Gasteiger partial charge on any atom is 0.239 e. The smallest absolute Gasteiger partial charge is 0.239 e. The minimum absolute atomic E-state index is 0.249. The zero-order chi connectivity index (χ0) is 13.2. The fourth-order valence-corrected chi connectivity index (χ4v) is 4.14. The lowest BCUT2D eigenvalue weighted by Gasteiger charge is -2.33. The summed E-state index contributed by atoms with van der Waals surface area (Å²) in [5, 5.41) is 0. The third kappa shape index (κ3) is 2.55. The van der Waals surface area contributed by atoms with Crippen LogP contribution < -0.4 is 5.73 Å². The van der Waals surface area contributed by atoms with Gasteiger partial charge in [-0.2, -0.15) is 0 Å². The lowest BCUT2D eigenvalue weighted by molar-refractivity contribution is -0.123. The largest absolute Gasteiger partial charge is 0.368 e. The molecule has 0 radical (unpaired) electrons. The molecule has 3 rings (SSSR count). The van der Waals surface area contributed by atoms with Gasteiger partial charge >= 0.3 is 0 Å². The minimum Gasteiger partial charge on any atom is -0.368 e. The van der Waals surface area contributed by atoms with Crippen LogP contribution in [-0.2, 0) is 4.79 Å². The van der Waals surface area contributed by atoms with Crippen molar-refractivity contribution in [1.82, 2.24) is 4.90 Å². The third-order valence-electron chi connectivity index (χ3n) is 3.84. The number of carbonyl (C=O) groups excluding carboxylic acids is 1. The molecule has 3 nitrogen and oxygen atoms in total. The Hall–Kier alpha value is -1.26. The molecular formula is C15H18N2OS. The van der Waals surface area contributed by atoms with Crippen LogP contribution in [0.2, 0.25) is 0 Å². The van der Waals surface area contributed by atoms with E-state index in [1.807, 2.05) is 42.1 Å². The topological polar surface area (TPSA) is 46.3 Å². The van der Waals surface area contributed by atoms with Crippen molar-refractivity contribution >= 4 is 17.7 Å². The van der Waals surface area contributed by atoms with Crippen molar-refractivity contribution in [3.8, 4) is 0 Å². The molecule has 4 heteroatoms. The van der Waals surface area contributed by atoms with E-state index in [1.54, 1.807) is 4.91 Å². The van der Waals surface area contributed by atoms with E-state index in [1.165, 1.54) is 11.3 Å².